The van der Waals surface area contributed by atoms with Gasteiger partial charge in [0.2, 0.25) is 0 Å². The molecular weight excluding hydrogens is 216 g/mol. The molecular formula is C9H16ClN4O+. The molecule has 0 aromatic heterocycles. The van der Waals surface area contributed by atoms with Gasteiger partial charge in [0, 0.05) is 0 Å². The summed E-state index contributed by atoms with van der Waals surface area (Å²) in [7, 11) is 0. The third kappa shape index (κ3) is 1.42. The number of rotatable bonds is 2. The second-order valence-corrected chi connectivity index (χ2v) is 5.84. The second kappa shape index (κ2) is 2.85. The number of hydrogen-bond acceptors (Lipinski definition) is 4. The van der Waals surface area contributed by atoms with Crippen LogP contribution in [0.15, 0.2) is 0 Å². The fourth-order valence-electron chi connectivity index (χ4n) is 3.46. The Labute approximate surface area is 94.3 Å². The van der Waals surface area contributed by atoms with Gasteiger partial charge in [0.05, 0.1) is 20.0 Å². The maximum absolute atomic E-state index is 5.92. The Morgan fingerprint density at radius 3 is 1.93 bits per heavy atom. The molecule has 15 heavy (non-hydrogen) atoms. The van der Waals surface area contributed by atoms with E-state index in [1.54, 1.807) is 0 Å². The van der Waals surface area contributed by atoms with Crippen molar-refractivity contribution in [2.24, 2.45) is 0 Å². The summed E-state index contributed by atoms with van der Waals surface area (Å²) in [6.45, 7) is 8.05. The maximum Gasteiger partial charge on any atom is 0.163 e. The Kier molecular flexibility index (Phi) is 1.74. The van der Waals surface area contributed by atoms with E-state index in [2.05, 4.69) is 14.7 Å². The Morgan fingerprint density at radius 2 is 1.53 bits per heavy atom. The highest BCUT2D eigenvalue weighted by molar-refractivity contribution is 6.21. The van der Waals surface area contributed by atoms with Crippen molar-refractivity contribution in [3.63, 3.8) is 0 Å². The molecule has 5 nitrogen and oxygen atoms in total. The van der Waals surface area contributed by atoms with Crippen molar-refractivity contribution in [2.75, 3.05) is 46.6 Å². The van der Waals surface area contributed by atoms with Gasteiger partial charge in [-0.25, -0.2) is 14.7 Å². The Hall–Kier alpha value is 0.0900. The number of nitrogens with zero attached hydrogens (tertiary/aromatic N) is 4. The predicted molar refractivity (Wildman–Crippen MR) is 54.4 cm³/mol. The summed E-state index contributed by atoms with van der Waals surface area (Å²) in [4.78, 5) is 7.55. The van der Waals surface area contributed by atoms with Crippen LogP contribution >= 0.6 is 11.6 Å². The second-order valence-electron chi connectivity index (χ2n) is 5.41. The maximum atomic E-state index is 5.92. The van der Waals surface area contributed by atoms with E-state index in [1.807, 2.05) is 0 Å². The van der Waals surface area contributed by atoms with E-state index in [0.29, 0.717) is 6.10 Å². The van der Waals surface area contributed by atoms with Crippen molar-refractivity contribution in [3.05, 3.63) is 0 Å². The van der Waals surface area contributed by atoms with Crippen molar-refractivity contribution in [2.45, 2.75) is 11.7 Å². The van der Waals surface area contributed by atoms with Crippen molar-refractivity contribution in [1.82, 2.24) is 14.7 Å². The standard InChI is InChI=1S/C9H16ClN4O/c10-9-8(15-9)1-14-5-11-2-12(6-14)4-13(3-11)7-14/h8-9H,1-7H2/q+1. The first-order valence-electron chi connectivity index (χ1n) is 5.54. The first-order valence-corrected chi connectivity index (χ1v) is 5.98. The molecule has 0 aromatic rings. The molecule has 5 aliphatic heterocycles. The summed E-state index contributed by atoms with van der Waals surface area (Å²) in [5.41, 5.74) is -0.0175. The van der Waals surface area contributed by atoms with Crippen LogP contribution in [0.4, 0.5) is 0 Å². The molecule has 0 N–H and O–H groups in total. The molecule has 0 saturated carbocycles. The minimum absolute atomic E-state index is 0.0175. The molecule has 6 heteroatoms. The normalized spacial score (nSPS) is 61.0. The summed E-state index contributed by atoms with van der Waals surface area (Å²) < 4.78 is 6.48. The molecule has 5 saturated heterocycles. The fourth-order valence-corrected chi connectivity index (χ4v) is 3.67. The third-order valence-corrected chi connectivity index (χ3v) is 4.17. The zero-order valence-corrected chi connectivity index (χ0v) is 9.44. The summed E-state index contributed by atoms with van der Waals surface area (Å²) in [5.74, 6) is 0. The topological polar surface area (TPSA) is 22.2 Å². The lowest BCUT2D eigenvalue weighted by Crippen LogP contribution is -2.79. The smallest absolute Gasteiger partial charge is 0.163 e. The van der Waals surface area contributed by atoms with Gasteiger partial charge in [0.1, 0.15) is 32.7 Å². The van der Waals surface area contributed by atoms with Crippen LogP contribution in [-0.4, -0.2) is 77.4 Å². The molecule has 5 heterocycles. The molecule has 5 aliphatic rings. The van der Waals surface area contributed by atoms with Gasteiger partial charge >= 0.3 is 0 Å². The SMILES string of the molecule is ClC1OC1C[N+]12CN3CN(CN(C3)C1)C2. The van der Waals surface area contributed by atoms with Crippen LogP contribution in [0.3, 0.4) is 0 Å². The van der Waals surface area contributed by atoms with Crippen molar-refractivity contribution >= 4 is 11.6 Å². The fraction of sp³-hybridized carbons (Fsp3) is 1.00. The van der Waals surface area contributed by atoms with E-state index >= 15 is 0 Å². The van der Waals surface area contributed by atoms with Gasteiger partial charge in [0.15, 0.2) is 5.56 Å². The Balaban J connectivity index is 1.55. The molecule has 0 amide bonds. The number of epoxide rings is 1. The first kappa shape index (κ1) is 9.15. The van der Waals surface area contributed by atoms with Crippen molar-refractivity contribution in [3.8, 4) is 0 Å². The highest BCUT2D eigenvalue weighted by Crippen LogP contribution is 2.34. The molecule has 5 rings (SSSR count). The Morgan fingerprint density at radius 1 is 1.07 bits per heavy atom. The number of alkyl halides is 1. The highest BCUT2D eigenvalue weighted by atomic mass is 35.5. The summed E-state index contributed by atoms with van der Waals surface area (Å²) in [6, 6.07) is 0. The third-order valence-electron chi connectivity index (χ3n) is 3.79. The van der Waals surface area contributed by atoms with Crippen LogP contribution in [0.5, 0.6) is 0 Å². The molecule has 0 aromatic carbocycles. The van der Waals surface area contributed by atoms with Gasteiger partial charge in [-0.1, -0.05) is 11.6 Å². The van der Waals surface area contributed by atoms with E-state index in [1.165, 1.54) is 20.0 Å². The quantitative estimate of drug-likeness (QED) is 0.362. The average Bonchev–Trinajstić information content (AvgIpc) is 2.77. The van der Waals surface area contributed by atoms with Crippen molar-refractivity contribution in [1.29, 1.82) is 0 Å². The highest BCUT2D eigenvalue weighted by Gasteiger charge is 2.53. The van der Waals surface area contributed by atoms with Crippen LogP contribution in [0, 0.1) is 0 Å². The summed E-state index contributed by atoms with van der Waals surface area (Å²) >= 11 is 5.92. The van der Waals surface area contributed by atoms with Crippen LogP contribution < -0.4 is 0 Å². The molecule has 0 aliphatic carbocycles. The summed E-state index contributed by atoms with van der Waals surface area (Å²) in [6.07, 6.45) is 0.298. The van der Waals surface area contributed by atoms with E-state index in [9.17, 15) is 0 Å². The number of ether oxygens (including phenoxy) is 1. The van der Waals surface area contributed by atoms with Gasteiger partial charge in [-0.15, -0.1) is 0 Å². The monoisotopic (exact) mass is 231 g/mol. The first-order chi connectivity index (χ1) is 7.22. The van der Waals surface area contributed by atoms with E-state index in [-0.39, 0.29) is 5.56 Å². The van der Waals surface area contributed by atoms with Crippen molar-refractivity contribution < 1.29 is 9.22 Å². The zero-order chi connectivity index (χ0) is 10.0. The number of quaternary nitrogens is 1. The average molecular weight is 232 g/mol. The van der Waals surface area contributed by atoms with Crippen LogP contribution in [0.2, 0.25) is 0 Å². The minimum atomic E-state index is -0.0175. The van der Waals surface area contributed by atoms with E-state index < -0.39 is 0 Å². The molecule has 5 fully saturated rings. The van der Waals surface area contributed by atoms with Gasteiger partial charge in [-0.05, 0) is 0 Å². The molecule has 0 spiro atoms. The van der Waals surface area contributed by atoms with Gasteiger partial charge in [-0.3, -0.25) is 4.48 Å². The van der Waals surface area contributed by atoms with E-state index in [4.69, 9.17) is 16.3 Å². The van der Waals surface area contributed by atoms with Crippen LogP contribution in [0.25, 0.3) is 0 Å². The molecule has 0 radical (unpaired) electrons. The number of halogens is 1. The van der Waals surface area contributed by atoms with Gasteiger partial charge < -0.3 is 4.74 Å². The molecule has 2 atom stereocenters. The Bertz CT molecular complexity index is 265. The molecule has 2 unspecified atom stereocenters. The van der Waals surface area contributed by atoms with Gasteiger partial charge in [0.25, 0.3) is 0 Å². The lowest BCUT2D eigenvalue weighted by Gasteiger charge is -2.60. The number of hydrogen-bond donors (Lipinski definition) is 0. The van der Waals surface area contributed by atoms with E-state index in [0.717, 1.165) is 31.0 Å². The van der Waals surface area contributed by atoms with Gasteiger partial charge in [-0.2, -0.15) is 0 Å². The summed E-state index contributed by atoms with van der Waals surface area (Å²) in [5, 5.41) is 0. The predicted octanol–water partition coefficient (Wildman–Crippen LogP) is -0.541. The lowest BCUT2D eigenvalue weighted by molar-refractivity contribution is -0.980. The minimum Gasteiger partial charge on any atom is -0.346 e. The van der Waals surface area contributed by atoms with Crippen LogP contribution in [-0.2, 0) is 4.74 Å². The lowest BCUT2D eigenvalue weighted by atomic mass is 10.2. The largest absolute Gasteiger partial charge is 0.346 e. The molecule has 4 bridgehead atoms. The zero-order valence-electron chi connectivity index (χ0n) is 8.68. The molecule has 84 valence electrons. The van der Waals surface area contributed by atoms with Crippen LogP contribution in [0.1, 0.15) is 0 Å².